The van der Waals surface area contributed by atoms with Crippen LogP contribution in [-0.2, 0) is 0 Å². The molecule has 0 unspecified atom stereocenters. The first-order valence-electron chi connectivity index (χ1n) is 6.52. The highest BCUT2D eigenvalue weighted by molar-refractivity contribution is 7.80. The highest BCUT2D eigenvalue weighted by Gasteiger charge is 2.16. The summed E-state index contributed by atoms with van der Waals surface area (Å²) in [6.07, 6.45) is -0.605. The molecule has 0 aliphatic rings. The highest BCUT2D eigenvalue weighted by Crippen LogP contribution is 2.16. The first-order valence-corrected chi connectivity index (χ1v) is 6.93. The Hall–Kier alpha value is -1.91. The second kappa shape index (κ2) is 7.03. The molecule has 0 heterocycles. The average molecular weight is 286 g/mol. The summed E-state index contributed by atoms with van der Waals surface area (Å²) >= 11 is 5.25. The van der Waals surface area contributed by atoms with Crippen LogP contribution in [0, 0.1) is 0 Å². The Morgan fingerprint density at radius 2 is 1.55 bits per heavy atom. The number of thiocarbonyl (C=S) groups is 1. The first-order chi connectivity index (χ1) is 9.66. The summed E-state index contributed by atoms with van der Waals surface area (Å²) in [5.41, 5.74) is 1.79. The molecule has 2 aromatic rings. The van der Waals surface area contributed by atoms with E-state index in [4.69, 9.17) is 12.2 Å². The molecule has 3 nitrogen and oxygen atoms in total. The molecule has 104 valence electrons. The lowest BCUT2D eigenvalue weighted by molar-refractivity contribution is 0.145. The van der Waals surface area contributed by atoms with Crippen LogP contribution in [0.3, 0.4) is 0 Å². The van der Waals surface area contributed by atoms with E-state index < -0.39 is 6.10 Å². The van der Waals surface area contributed by atoms with Crippen molar-refractivity contribution in [3.05, 3.63) is 66.2 Å². The van der Waals surface area contributed by atoms with E-state index >= 15 is 0 Å². The van der Waals surface area contributed by atoms with Crippen LogP contribution < -0.4 is 10.6 Å². The Morgan fingerprint density at radius 1 is 1.00 bits per heavy atom. The SMILES string of the molecule is C[C@@H](NC(=S)Nc1ccccc1)[C@@H](O)c1ccccc1. The predicted molar refractivity (Wildman–Crippen MR) is 86.7 cm³/mol. The van der Waals surface area contributed by atoms with Gasteiger partial charge in [0, 0.05) is 5.69 Å². The second-order valence-corrected chi connectivity index (χ2v) is 5.02. The third-order valence-electron chi connectivity index (χ3n) is 3.01. The molecule has 0 aromatic heterocycles. The van der Waals surface area contributed by atoms with Crippen molar-refractivity contribution in [1.29, 1.82) is 0 Å². The lowest BCUT2D eigenvalue weighted by Crippen LogP contribution is -2.39. The quantitative estimate of drug-likeness (QED) is 0.756. The minimum absolute atomic E-state index is 0.180. The van der Waals surface area contributed by atoms with Crippen molar-refractivity contribution in [3.8, 4) is 0 Å². The van der Waals surface area contributed by atoms with Crippen molar-refractivity contribution in [2.45, 2.75) is 19.1 Å². The summed E-state index contributed by atoms with van der Waals surface area (Å²) in [5.74, 6) is 0. The van der Waals surface area contributed by atoms with E-state index in [9.17, 15) is 5.11 Å². The summed E-state index contributed by atoms with van der Waals surface area (Å²) in [5, 5.41) is 16.9. The minimum Gasteiger partial charge on any atom is -0.386 e. The van der Waals surface area contributed by atoms with Crippen LogP contribution in [0.15, 0.2) is 60.7 Å². The van der Waals surface area contributed by atoms with Crippen LogP contribution in [0.4, 0.5) is 5.69 Å². The van der Waals surface area contributed by atoms with E-state index in [0.717, 1.165) is 11.3 Å². The van der Waals surface area contributed by atoms with Gasteiger partial charge in [0.15, 0.2) is 5.11 Å². The lowest BCUT2D eigenvalue weighted by Gasteiger charge is -2.22. The zero-order chi connectivity index (χ0) is 14.4. The molecule has 0 saturated carbocycles. The second-order valence-electron chi connectivity index (χ2n) is 4.61. The lowest BCUT2D eigenvalue weighted by atomic mass is 10.0. The largest absolute Gasteiger partial charge is 0.386 e. The predicted octanol–water partition coefficient (Wildman–Crippen LogP) is 3.10. The molecule has 20 heavy (non-hydrogen) atoms. The molecule has 0 spiro atoms. The van der Waals surface area contributed by atoms with Gasteiger partial charge in [0.1, 0.15) is 0 Å². The molecule has 2 rings (SSSR count). The van der Waals surface area contributed by atoms with Gasteiger partial charge in [0.25, 0.3) is 0 Å². The summed E-state index contributed by atoms with van der Waals surface area (Å²) < 4.78 is 0. The average Bonchev–Trinajstić information content (AvgIpc) is 2.48. The molecule has 0 saturated heterocycles. The number of nitrogens with one attached hydrogen (secondary N) is 2. The Bertz CT molecular complexity index is 545. The van der Waals surface area contributed by atoms with E-state index in [-0.39, 0.29) is 6.04 Å². The van der Waals surface area contributed by atoms with Gasteiger partial charge in [-0.05, 0) is 36.8 Å². The number of anilines is 1. The van der Waals surface area contributed by atoms with Crippen LogP contribution in [0.5, 0.6) is 0 Å². The van der Waals surface area contributed by atoms with Gasteiger partial charge in [-0.25, -0.2) is 0 Å². The maximum atomic E-state index is 10.3. The molecule has 0 aliphatic carbocycles. The van der Waals surface area contributed by atoms with E-state index in [0.29, 0.717) is 5.11 Å². The van der Waals surface area contributed by atoms with Gasteiger partial charge in [-0.15, -0.1) is 0 Å². The molecule has 0 aliphatic heterocycles. The van der Waals surface area contributed by atoms with Gasteiger partial charge >= 0.3 is 0 Å². The molecule has 0 amide bonds. The molecular weight excluding hydrogens is 268 g/mol. The van der Waals surface area contributed by atoms with Crippen LogP contribution >= 0.6 is 12.2 Å². The van der Waals surface area contributed by atoms with Crippen LogP contribution in [0.2, 0.25) is 0 Å². The van der Waals surface area contributed by atoms with Crippen molar-refractivity contribution < 1.29 is 5.11 Å². The summed E-state index contributed by atoms with van der Waals surface area (Å²) in [4.78, 5) is 0. The monoisotopic (exact) mass is 286 g/mol. The molecule has 0 radical (unpaired) electrons. The molecular formula is C16H18N2OS. The fourth-order valence-electron chi connectivity index (χ4n) is 1.91. The number of hydrogen-bond donors (Lipinski definition) is 3. The number of aliphatic hydroxyl groups is 1. The molecule has 2 aromatic carbocycles. The number of benzene rings is 2. The molecule has 0 fully saturated rings. The van der Waals surface area contributed by atoms with Crippen LogP contribution in [0.25, 0.3) is 0 Å². The normalized spacial score (nSPS) is 13.3. The fourth-order valence-corrected chi connectivity index (χ4v) is 2.22. The first kappa shape index (κ1) is 14.5. The minimum atomic E-state index is -0.605. The Kier molecular flexibility index (Phi) is 5.09. The van der Waals surface area contributed by atoms with E-state index in [1.54, 1.807) is 0 Å². The summed E-state index contributed by atoms with van der Waals surface area (Å²) in [7, 11) is 0. The van der Waals surface area contributed by atoms with Gasteiger partial charge < -0.3 is 15.7 Å². The fraction of sp³-hybridized carbons (Fsp3) is 0.188. The molecule has 2 atom stereocenters. The van der Waals surface area contributed by atoms with Gasteiger partial charge in [-0.2, -0.15) is 0 Å². The van der Waals surface area contributed by atoms with E-state index in [1.165, 1.54) is 0 Å². The van der Waals surface area contributed by atoms with Gasteiger partial charge in [-0.1, -0.05) is 48.5 Å². The topological polar surface area (TPSA) is 44.3 Å². The Morgan fingerprint density at radius 3 is 2.15 bits per heavy atom. The van der Waals surface area contributed by atoms with Gasteiger partial charge in [-0.3, -0.25) is 0 Å². The van der Waals surface area contributed by atoms with Crippen molar-refractivity contribution in [3.63, 3.8) is 0 Å². The number of aliphatic hydroxyl groups excluding tert-OH is 1. The zero-order valence-electron chi connectivity index (χ0n) is 11.3. The number of para-hydroxylation sites is 1. The maximum absolute atomic E-state index is 10.3. The summed E-state index contributed by atoms with van der Waals surface area (Å²) in [6.45, 7) is 1.90. The van der Waals surface area contributed by atoms with Gasteiger partial charge in [0.05, 0.1) is 12.1 Å². The number of rotatable bonds is 4. The standard InChI is InChI=1S/C16H18N2OS/c1-12(15(19)13-8-4-2-5-9-13)17-16(20)18-14-10-6-3-7-11-14/h2-12,15,19H,1H3,(H2,17,18,20)/t12-,15-/m1/s1. The van der Waals surface area contributed by atoms with Crippen molar-refractivity contribution in [2.24, 2.45) is 0 Å². The molecule has 0 bridgehead atoms. The molecule has 3 N–H and O–H groups in total. The third kappa shape index (κ3) is 4.05. The Balaban J connectivity index is 1.91. The van der Waals surface area contributed by atoms with Crippen molar-refractivity contribution in [2.75, 3.05) is 5.32 Å². The molecule has 4 heteroatoms. The van der Waals surface area contributed by atoms with E-state index in [2.05, 4.69) is 10.6 Å². The number of hydrogen-bond acceptors (Lipinski definition) is 2. The highest BCUT2D eigenvalue weighted by atomic mass is 32.1. The van der Waals surface area contributed by atoms with Gasteiger partial charge in [0.2, 0.25) is 0 Å². The van der Waals surface area contributed by atoms with Crippen molar-refractivity contribution >= 4 is 23.0 Å². The smallest absolute Gasteiger partial charge is 0.171 e. The summed E-state index contributed by atoms with van der Waals surface area (Å²) in [6, 6.07) is 19.1. The maximum Gasteiger partial charge on any atom is 0.171 e. The Labute approximate surface area is 124 Å². The zero-order valence-corrected chi connectivity index (χ0v) is 12.1. The van der Waals surface area contributed by atoms with E-state index in [1.807, 2.05) is 67.6 Å². The third-order valence-corrected chi connectivity index (χ3v) is 3.23. The van der Waals surface area contributed by atoms with Crippen molar-refractivity contribution in [1.82, 2.24) is 5.32 Å². The van der Waals surface area contributed by atoms with Crippen LogP contribution in [-0.4, -0.2) is 16.3 Å². The van der Waals surface area contributed by atoms with Crippen LogP contribution in [0.1, 0.15) is 18.6 Å².